The van der Waals surface area contributed by atoms with Crippen LogP contribution in [0.25, 0.3) is 0 Å². The number of nitrogens with one attached hydrogen (secondary N) is 1. The SMILES string of the molecule is CC(C#N)CN(C)C(=O)c1cccc2c1OCCN2. The molecule has 1 aromatic carbocycles. The molecule has 1 atom stereocenters. The van der Waals surface area contributed by atoms with E-state index in [1.54, 1.807) is 24.9 Å². The monoisotopic (exact) mass is 259 g/mol. The lowest BCUT2D eigenvalue weighted by atomic mass is 10.1. The van der Waals surface area contributed by atoms with Crippen molar-refractivity contribution in [2.24, 2.45) is 5.92 Å². The van der Waals surface area contributed by atoms with Gasteiger partial charge in [0.2, 0.25) is 0 Å². The Labute approximate surface area is 112 Å². The molecule has 0 saturated carbocycles. The third-order valence-corrected chi connectivity index (χ3v) is 3.02. The number of benzene rings is 1. The maximum Gasteiger partial charge on any atom is 0.257 e. The summed E-state index contributed by atoms with van der Waals surface area (Å²) in [7, 11) is 1.70. The van der Waals surface area contributed by atoms with Crippen molar-refractivity contribution in [1.82, 2.24) is 4.90 Å². The van der Waals surface area contributed by atoms with Crippen molar-refractivity contribution in [3.63, 3.8) is 0 Å². The molecular formula is C14H17N3O2. The molecule has 19 heavy (non-hydrogen) atoms. The number of hydrogen-bond donors (Lipinski definition) is 1. The van der Waals surface area contributed by atoms with E-state index >= 15 is 0 Å². The van der Waals surface area contributed by atoms with Crippen LogP contribution in [0.1, 0.15) is 17.3 Å². The Kier molecular flexibility index (Phi) is 3.91. The van der Waals surface area contributed by atoms with E-state index in [2.05, 4.69) is 11.4 Å². The highest BCUT2D eigenvalue weighted by Crippen LogP contribution is 2.31. The molecule has 100 valence electrons. The largest absolute Gasteiger partial charge is 0.489 e. The fraction of sp³-hybridized carbons (Fsp3) is 0.429. The summed E-state index contributed by atoms with van der Waals surface area (Å²) in [5.41, 5.74) is 1.39. The van der Waals surface area contributed by atoms with Crippen LogP contribution in [0.5, 0.6) is 5.75 Å². The van der Waals surface area contributed by atoms with Crippen molar-refractivity contribution in [3.05, 3.63) is 23.8 Å². The standard InChI is InChI=1S/C14H17N3O2/c1-10(8-15)9-17(2)14(18)11-4-3-5-12-13(11)19-7-6-16-12/h3-5,10,16H,6-7,9H2,1-2H3. The van der Waals surface area contributed by atoms with E-state index in [0.717, 1.165) is 12.2 Å². The number of para-hydroxylation sites is 1. The number of nitriles is 1. The molecule has 1 aliphatic heterocycles. The first kappa shape index (κ1) is 13.2. The van der Waals surface area contributed by atoms with Gasteiger partial charge in [-0.3, -0.25) is 4.79 Å². The maximum absolute atomic E-state index is 12.4. The van der Waals surface area contributed by atoms with Gasteiger partial charge in [-0.15, -0.1) is 0 Å². The quantitative estimate of drug-likeness (QED) is 0.897. The molecule has 0 aliphatic carbocycles. The average Bonchev–Trinajstić information content (AvgIpc) is 2.45. The number of fused-ring (bicyclic) bond motifs is 1. The van der Waals surface area contributed by atoms with Crippen molar-refractivity contribution >= 4 is 11.6 Å². The molecule has 0 aromatic heterocycles. The number of anilines is 1. The normalized spacial score (nSPS) is 14.4. The Hall–Kier alpha value is -2.22. The van der Waals surface area contributed by atoms with Crippen LogP contribution in [-0.2, 0) is 0 Å². The van der Waals surface area contributed by atoms with E-state index in [9.17, 15) is 4.79 Å². The van der Waals surface area contributed by atoms with Gasteiger partial charge in [-0.25, -0.2) is 0 Å². The van der Waals surface area contributed by atoms with Gasteiger partial charge in [0.05, 0.1) is 23.2 Å². The van der Waals surface area contributed by atoms with Crippen molar-refractivity contribution in [2.45, 2.75) is 6.92 Å². The van der Waals surface area contributed by atoms with Crippen LogP contribution < -0.4 is 10.1 Å². The molecule has 1 heterocycles. The number of carbonyl (C=O) groups excluding carboxylic acids is 1. The van der Waals surface area contributed by atoms with Gasteiger partial charge >= 0.3 is 0 Å². The van der Waals surface area contributed by atoms with Crippen LogP contribution in [0, 0.1) is 17.2 Å². The topological polar surface area (TPSA) is 65.4 Å². The summed E-state index contributed by atoms with van der Waals surface area (Å²) < 4.78 is 5.58. The van der Waals surface area contributed by atoms with E-state index in [4.69, 9.17) is 10.00 Å². The van der Waals surface area contributed by atoms with Crippen LogP contribution in [0.3, 0.4) is 0 Å². The molecule has 0 radical (unpaired) electrons. The Bertz CT molecular complexity index is 522. The van der Waals surface area contributed by atoms with Gasteiger partial charge in [0.25, 0.3) is 5.91 Å². The number of carbonyl (C=O) groups is 1. The fourth-order valence-electron chi connectivity index (χ4n) is 2.08. The van der Waals surface area contributed by atoms with E-state index in [1.807, 2.05) is 12.1 Å². The van der Waals surface area contributed by atoms with Crippen LogP contribution >= 0.6 is 0 Å². The van der Waals surface area contributed by atoms with Gasteiger partial charge in [-0.05, 0) is 19.1 Å². The number of ether oxygens (including phenoxy) is 1. The molecule has 1 amide bonds. The summed E-state index contributed by atoms with van der Waals surface area (Å²) in [6.07, 6.45) is 0. The minimum Gasteiger partial charge on any atom is -0.489 e. The third-order valence-electron chi connectivity index (χ3n) is 3.02. The van der Waals surface area contributed by atoms with Gasteiger partial charge < -0.3 is 15.0 Å². The first-order valence-electron chi connectivity index (χ1n) is 6.28. The van der Waals surface area contributed by atoms with Gasteiger partial charge in [0.15, 0.2) is 5.75 Å². The minimum atomic E-state index is -0.187. The number of hydrogen-bond acceptors (Lipinski definition) is 4. The highest BCUT2D eigenvalue weighted by atomic mass is 16.5. The fourth-order valence-corrected chi connectivity index (χ4v) is 2.08. The summed E-state index contributed by atoms with van der Waals surface area (Å²) >= 11 is 0. The van der Waals surface area contributed by atoms with Crippen LogP contribution in [0.4, 0.5) is 5.69 Å². The minimum absolute atomic E-state index is 0.123. The number of amides is 1. The summed E-state index contributed by atoms with van der Waals surface area (Å²) in [4.78, 5) is 13.9. The highest BCUT2D eigenvalue weighted by Gasteiger charge is 2.22. The molecular weight excluding hydrogens is 242 g/mol. The zero-order valence-corrected chi connectivity index (χ0v) is 11.1. The molecule has 5 heteroatoms. The third kappa shape index (κ3) is 2.79. The lowest BCUT2D eigenvalue weighted by Crippen LogP contribution is -2.31. The number of nitrogens with zero attached hydrogens (tertiary/aromatic N) is 2. The van der Waals surface area contributed by atoms with Crippen molar-refractivity contribution in [3.8, 4) is 11.8 Å². The highest BCUT2D eigenvalue weighted by molar-refractivity contribution is 5.98. The molecule has 1 N–H and O–H groups in total. The van der Waals surface area contributed by atoms with Gasteiger partial charge in [0, 0.05) is 20.1 Å². The van der Waals surface area contributed by atoms with Gasteiger partial charge in [-0.1, -0.05) is 6.07 Å². The number of rotatable bonds is 3. The van der Waals surface area contributed by atoms with Crippen molar-refractivity contribution in [2.75, 3.05) is 32.1 Å². The van der Waals surface area contributed by atoms with E-state index in [-0.39, 0.29) is 11.8 Å². The van der Waals surface area contributed by atoms with Crippen LogP contribution in [0.15, 0.2) is 18.2 Å². The molecule has 0 fully saturated rings. The predicted octanol–water partition coefficient (Wildman–Crippen LogP) is 1.72. The Morgan fingerprint density at radius 3 is 3.16 bits per heavy atom. The Morgan fingerprint density at radius 2 is 2.42 bits per heavy atom. The molecule has 0 saturated heterocycles. The lowest BCUT2D eigenvalue weighted by Gasteiger charge is -2.24. The Balaban J connectivity index is 2.22. The first-order valence-corrected chi connectivity index (χ1v) is 6.28. The summed E-state index contributed by atoms with van der Waals surface area (Å²) in [6, 6.07) is 7.60. The second kappa shape index (κ2) is 5.61. The molecule has 2 rings (SSSR count). The molecule has 1 aliphatic rings. The zero-order chi connectivity index (χ0) is 13.8. The second-order valence-electron chi connectivity index (χ2n) is 4.67. The average molecular weight is 259 g/mol. The molecule has 0 bridgehead atoms. The van der Waals surface area contributed by atoms with Crippen LogP contribution in [0.2, 0.25) is 0 Å². The zero-order valence-electron chi connectivity index (χ0n) is 11.1. The lowest BCUT2D eigenvalue weighted by molar-refractivity contribution is 0.0780. The van der Waals surface area contributed by atoms with Gasteiger partial charge in [-0.2, -0.15) is 5.26 Å². The predicted molar refractivity (Wildman–Crippen MR) is 72.2 cm³/mol. The van der Waals surface area contributed by atoms with Crippen LogP contribution in [-0.4, -0.2) is 37.6 Å². The first-order chi connectivity index (χ1) is 9.13. The van der Waals surface area contributed by atoms with Crippen molar-refractivity contribution < 1.29 is 9.53 Å². The maximum atomic E-state index is 12.4. The Morgan fingerprint density at radius 1 is 1.63 bits per heavy atom. The smallest absolute Gasteiger partial charge is 0.257 e. The van der Waals surface area contributed by atoms with Crippen molar-refractivity contribution in [1.29, 1.82) is 5.26 Å². The summed E-state index contributed by atoms with van der Waals surface area (Å²) in [6.45, 7) is 3.50. The second-order valence-corrected chi connectivity index (χ2v) is 4.67. The van der Waals surface area contributed by atoms with E-state index in [1.165, 1.54) is 0 Å². The summed E-state index contributed by atoms with van der Waals surface area (Å²) in [5, 5.41) is 12.0. The summed E-state index contributed by atoms with van der Waals surface area (Å²) in [5.74, 6) is 0.297. The molecule has 1 aromatic rings. The van der Waals surface area contributed by atoms with E-state index < -0.39 is 0 Å². The molecule has 1 unspecified atom stereocenters. The molecule has 5 nitrogen and oxygen atoms in total. The molecule has 0 spiro atoms. The van der Waals surface area contributed by atoms with Gasteiger partial charge in [0.1, 0.15) is 6.61 Å². The van der Waals surface area contributed by atoms with E-state index in [0.29, 0.717) is 24.5 Å².